The molecule has 0 aromatic heterocycles. The fourth-order valence-corrected chi connectivity index (χ4v) is 5.06. The van der Waals surface area contributed by atoms with E-state index in [9.17, 15) is 13.2 Å². The van der Waals surface area contributed by atoms with E-state index in [-0.39, 0.29) is 10.8 Å². The number of carbonyl (C=O) groups is 1. The summed E-state index contributed by atoms with van der Waals surface area (Å²) in [4.78, 5) is 16.9. The zero-order valence-electron chi connectivity index (χ0n) is 17.2. The van der Waals surface area contributed by atoms with Gasteiger partial charge in [-0.15, -0.1) is 4.40 Å². The number of fused-ring (bicyclic) bond motifs is 1. The smallest absolute Gasteiger partial charge is 0.286 e. The average Bonchev–Trinajstić information content (AvgIpc) is 2.99. The Bertz CT molecular complexity index is 1200. The minimum absolute atomic E-state index is 0.0982. The Morgan fingerprint density at radius 3 is 2.81 bits per heavy atom. The number of hydrogen-bond acceptors (Lipinski definition) is 6. The van der Waals surface area contributed by atoms with Gasteiger partial charge in [-0.3, -0.25) is 9.69 Å². The van der Waals surface area contributed by atoms with Gasteiger partial charge in [0.2, 0.25) is 0 Å². The topological polar surface area (TPSA) is 106 Å². The first-order chi connectivity index (χ1) is 14.9. The number of rotatable bonds is 3. The highest BCUT2D eigenvalue weighted by molar-refractivity contribution is 7.90. The lowest BCUT2D eigenvalue weighted by molar-refractivity contribution is 0.0762. The van der Waals surface area contributed by atoms with Crippen LogP contribution in [0.4, 0.5) is 5.69 Å². The molecule has 1 fully saturated rings. The van der Waals surface area contributed by atoms with Crippen LogP contribution in [-0.2, 0) is 10.0 Å². The molecule has 2 aromatic rings. The first-order valence-corrected chi connectivity index (χ1v) is 11.5. The number of benzene rings is 2. The summed E-state index contributed by atoms with van der Waals surface area (Å²) in [5, 5.41) is 12.2. The molecule has 2 aromatic carbocycles. The summed E-state index contributed by atoms with van der Waals surface area (Å²) in [6, 6.07) is 14.0. The van der Waals surface area contributed by atoms with Crippen LogP contribution in [0.5, 0.6) is 0 Å². The van der Waals surface area contributed by atoms with Crippen LogP contribution >= 0.6 is 0 Å². The Morgan fingerprint density at radius 2 is 2.00 bits per heavy atom. The number of carbonyl (C=O) groups excluding carboxylic acids is 1. The van der Waals surface area contributed by atoms with E-state index in [0.717, 1.165) is 18.5 Å². The monoisotopic (exact) mass is 437 g/mol. The molecule has 0 radical (unpaired) electrons. The van der Waals surface area contributed by atoms with E-state index in [1.165, 1.54) is 0 Å². The van der Waals surface area contributed by atoms with Crippen LogP contribution in [0.1, 0.15) is 27.9 Å². The van der Waals surface area contributed by atoms with Crippen LogP contribution in [0, 0.1) is 18.3 Å². The van der Waals surface area contributed by atoms with Gasteiger partial charge in [0.1, 0.15) is 10.7 Å². The summed E-state index contributed by atoms with van der Waals surface area (Å²) in [6.45, 7) is 4.65. The van der Waals surface area contributed by atoms with Crippen LogP contribution in [0.25, 0.3) is 0 Å². The predicted octanol–water partition coefficient (Wildman–Crippen LogP) is 2.23. The molecule has 2 aliphatic heterocycles. The second kappa shape index (κ2) is 8.49. The Kier molecular flexibility index (Phi) is 5.76. The van der Waals surface area contributed by atoms with Gasteiger partial charge in [0.15, 0.2) is 0 Å². The average molecular weight is 438 g/mol. The maximum Gasteiger partial charge on any atom is 0.286 e. The molecule has 1 N–H and O–H groups in total. The highest BCUT2D eigenvalue weighted by Crippen LogP contribution is 2.28. The zero-order valence-corrected chi connectivity index (χ0v) is 18.0. The molecule has 8 nitrogen and oxygen atoms in total. The van der Waals surface area contributed by atoms with Crippen molar-refractivity contribution in [2.75, 3.05) is 38.0 Å². The number of nitriles is 1. The summed E-state index contributed by atoms with van der Waals surface area (Å²) < 4.78 is 29.1. The summed E-state index contributed by atoms with van der Waals surface area (Å²) in [7, 11) is -3.73. The van der Waals surface area contributed by atoms with E-state index in [1.807, 2.05) is 13.0 Å². The van der Waals surface area contributed by atoms with Crippen molar-refractivity contribution in [3.05, 3.63) is 59.2 Å². The Labute approximate surface area is 181 Å². The molecule has 31 heavy (non-hydrogen) atoms. The van der Waals surface area contributed by atoms with Crippen molar-refractivity contribution < 1.29 is 13.2 Å². The van der Waals surface area contributed by atoms with Crippen molar-refractivity contribution >= 4 is 27.5 Å². The van der Waals surface area contributed by atoms with Gasteiger partial charge in [0.05, 0.1) is 23.9 Å². The molecule has 9 heteroatoms. The summed E-state index contributed by atoms with van der Waals surface area (Å²) in [5.41, 5.74) is 2.36. The molecular formula is C22H23N5O3S. The molecular weight excluding hydrogens is 414 g/mol. The quantitative estimate of drug-likeness (QED) is 0.789. The van der Waals surface area contributed by atoms with E-state index < -0.39 is 10.0 Å². The maximum atomic E-state index is 12.8. The standard InChI is InChI=1S/C22H23N5O3S/c1-16-6-7-19-20(12-16)31(29,30)25-21(24-19)15-26-8-3-9-27(11-10-26)22(28)18-5-2-4-17(13-18)14-23/h2,4-7,12-13H,3,8-11,15H2,1H3,(H,24,25). The van der Waals surface area contributed by atoms with Gasteiger partial charge in [-0.2, -0.15) is 13.7 Å². The molecule has 0 saturated carbocycles. The number of amidine groups is 1. The molecule has 0 spiro atoms. The maximum absolute atomic E-state index is 12.8. The molecule has 0 atom stereocenters. The van der Waals surface area contributed by atoms with Gasteiger partial charge < -0.3 is 10.2 Å². The molecule has 0 unspecified atom stereocenters. The van der Waals surface area contributed by atoms with Crippen molar-refractivity contribution in [1.82, 2.24) is 9.80 Å². The number of hydrogen-bond donors (Lipinski definition) is 1. The lowest BCUT2D eigenvalue weighted by Crippen LogP contribution is -2.39. The van der Waals surface area contributed by atoms with E-state index in [4.69, 9.17) is 5.26 Å². The number of anilines is 1. The van der Waals surface area contributed by atoms with Crippen molar-refractivity contribution in [2.45, 2.75) is 18.2 Å². The first-order valence-electron chi connectivity index (χ1n) is 10.1. The Balaban J connectivity index is 1.43. The molecule has 160 valence electrons. The minimum atomic E-state index is -3.73. The SMILES string of the molecule is Cc1ccc2c(c1)S(=O)(=O)N=C(CN1CCCN(C(=O)c3cccc(C#N)c3)CC1)N2. The largest absolute Gasteiger partial charge is 0.341 e. The fraction of sp³-hybridized carbons (Fsp3) is 0.318. The summed E-state index contributed by atoms with van der Waals surface area (Å²) in [6.07, 6.45) is 0.763. The van der Waals surface area contributed by atoms with Gasteiger partial charge >= 0.3 is 0 Å². The van der Waals surface area contributed by atoms with Gasteiger partial charge in [-0.05, 0) is 49.2 Å². The third kappa shape index (κ3) is 4.60. The Morgan fingerprint density at radius 1 is 1.16 bits per heavy atom. The van der Waals surface area contributed by atoms with E-state index >= 15 is 0 Å². The van der Waals surface area contributed by atoms with Crippen LogP contribution in [-0.4, -0.2) is 62.7 Å². The van der Waals surface area contributed by atoms with Gasteiger partial charge in [0, 0.05) is 31.7 Å². The van der Waals surface area contributed by atoms with Crippen LogP contribution in [0.15, 0.2) is 51.8 Å². The van der Waals surface area contributed by atoms with Gasteiger partial charge in [-0.1, -0.05) is 12.1 Å². The normalized spacial score (nSPS) is 18.2. The van der Waals surface area contributed by atoms with Crippen LogP contribution < -0.4 is 5.32 Å². The second-order valence-corrected chi connectivity index (χ2v) is 9.32. The van der Waals surface area contributed by atoms with Crippen molar-refractivity contribution in [3.8, 4) is 6.07 Å². The van der Waals surface area contributed by atoms with E-state index in [2.05, 4.69) is 20.7 Å². The van der Waals surface area contributed by atoms with Crippen molar-refractivity contribution in [1.29, 1.82) is 5.26 Å². The summed E-state index contributed by atoms with van der Waals surface area (Å²) in [5.74, 6) is 0.289. The number of nitrogens with zero attached hydrogens (tertiary/aromatic N) is 4. The van der Waals surface area contributed by atoms with Crippen molar-refractivity contribution in [2.24, 2.45) is 4.40 Å². The van der Waals surface area contributed by atoms with E-state index in [0.29, 0.717) is 48.8 Å². The van der Waals surface area contributed by atoms with Gasteiger partial charge in [0.25, 0.3) is 15.9 Å². The van der Waals surface area contributed by atoms with Crippen molar-refractivity contribution in [3.63, 3.8) is 0 Å². The molecule has 2 aliphatic rings. The third-order valence-corrected chi connectivity index (χ3v) is 6.77. The fourth-order valence-electron chi connectivity index (χ4n) is 3.84. The van der Waals surface area contributed by atoms with Crippen LogP contribution in [0.3, 0.4) is 0 Å². The lowest BCUT2D eigenvalue weighted by Gasteiger charge is -2.25. The first kappa shape index (κ1) is 21.0. The Hall–Kier alpha value is -3.22. The number of sulfonamides is 1. The van der Waals surface area contributed by atoms with Crippen LogP contribution in [0.2, 0.25) is 0 Å². The zero-order chi connectivity index (χ0) is 22.0. The molecule has 0 aliphatic carbocycles. The predicted molar refractivity (Wildman–Crippen MR) is 118 cm³/mol. The molecule has 4 rings (SSSR count). The number of nitrogens with one attached hydrogen (secondary N) is 1. The second-order valence-electron chi connectivity index (χ2n) is 7.75. The molecule has 2 heterocycles. The highest BCUT2D eigenvalue weighted by Gasteiger charge is 2.27. The third-order valence-electron chi connectivity index (χ3n) is 5.41. The molecule has 1 amide bonds. The number of amides is 1. The van der Waals surface area contributed by atoms with Gasteiger partial charge in [-0.25, -0.2) is 0 Å². The molecule has 0 bridgehead atoms. The molecule has 1 saturated heterocycles. The highest BCUT2D eigenvalue weighted by atomic mass is 32.2. The summed E-state index contributed by atoms with van der Waals surface area (Å²) >= 11 is 0. The van der Waals surface area contributed by atoms with E-state index in [1.54, 1.807) is 41.3 Å². The number of aryl methyl sites for hydroxylation is 1. The minimum Gasteiger partial charge on any atom is -0.341 e. The lowest BCUT2D eigenvalue weighted by atomic mass is 10.1.